The van der Waals surface area contributed by atoms with Gasteiger partial charge in [0.15, 0.2) is 5.65 Å². The van der Waals surface area contributed by atoms with Gasteiger partial charge in [0.2, 0.25) is 0 Å². The first-order valence-electron chi connectivity index (χ1n) is 6.56. The molecule has 3 heterocycles. The molecule has 4 nitrogen and oxygen atoms in total. The number of furan rings is 1. The molecule has 0 aliphatic heterocycles. The summed E-state index contributed by atoms with van der Waals surface area (Å²) in [5.74, 6) is 3.02. The van der Waals surface area contributed by atoms with Crippen molar-refractivity contribution in [2.24, 2.45) is 0 Å². The Bertz CT molecular complexity index is 760. The summed E-state index contributed by atoms with van der Waals surface area (Å²) in [5, 5.41) is 0. The van der Waals surface area contributed by atoms with Crippen molar-refractivity contribution in [3.8, 4) is 0 Å². The van der Waals surface area contributed by atoms with Crippen LogP contribution in [-0.2, 0) is 5.88 Å². The van der Waals surface area contributed by atoms with Gasteiger partial charge >= 0.3 is 0 Å². The van der Waals surface area contributed by atoms with Crippen LogP contribution in [-0.4, -0.2) is 14.5 Å². The number of fused-ring (bicyclic) bond motifs is 1. The minimum atomic E-state index is 0.0844. The largest absolute Gasteiger partial charge is 0.466 e. The summed E-state index contributed by atoms with van der Waals surface area (Å²) >= 11 is 6.05. The smallest absolute Gasteiger partial charge is 0.160 e. The molecular formula is C15H16ClN3O. The fraction of sp³-hybridized carbons (Fsp3) is 0.333. The standard InChI is InChI=1S/C15H16ClN3O/c1-9-7-12(11(3)20-9)10(2)19-14(8-16)18-13-5-4-6-17-15(13)19/h4-7,10H,8H2,1-3H3. The molecule has 0 N–H and O–H groups in total. The lowest BCUT2D eigenvalue weighted by Crippen LogP contribution is -2.10. The van der Waals surface area contributed by atoms with Crippen molar-refractivity contribution < 1.29 is 4.42 Å². The Hall–Kier alpha value is -1.81. The Morgan fingerprint density at radius 1 is 1.40 bits per heavy atom. The van der Waals surface area contributed by atoms with E-state index in [1.54, 1.807) is 6.20 Å². The number of halogens is 1. The number of nitrogens with zero attached hydrogens (tertiary/aromatic N) is 3. The molecule has 0 bridgehead atoms. The van der Waals surface area contributed by atoms with Crippen LogP contribution in [0.25, 0.3) is 11.2 Å². The van der Waals surface area contributed by atoms with Crippen LogP contribution in [0.4, 0.5) is 0 Å². The quantitative estimate of drug-likeness (QED) is 0.685. The van der Waals surface area contributed by atoms with Crippen LogP contribution in [0, 0.1) is 13.8 Å². The van der Waals surface area contributed by atoms with E-state index in [-0.39, 0.29) is 6.04 Å². The summed E-state index contributed by atoms with van der Waals surface area (Å²) in [7, 11) is 0. The zero-order chi connectivity index (χ0) is 14.3. The third-order valence-corrected chi connectivity index (χ3v) is 3.80. The van der Waals surface area contributed by atoms with E-state index < -0.39 is 0 Å². The number of aryl methyl sites for hydroxylation is 2. The molecule has 1 atom stereocenters. The summed E-state index contributed by atoms with van der Waals surface area (Å²) in [6.45, 7) is 6.05. The molecule has 0 radical (unpaired) electrons. The van der Waals surface area contributed by atoms with E-state index in [0.717, 1.165) is 34.1 Å². The number of hydrogen-bond acceptors (Lipinski definition) is 3. The van der Waals surface area contributed by atoms with E-state index in [9.17, 15) is 0 Å². The lowest BCUT2D eigenvalue weighted by atomic mass is 10.1. The van der Waals surface area contributed by atoms with E-state index in [2.05, 4.69) is 27.5 Å². The maximum atomic E-state index is 6.05. The SMILES string of the molecule is Cc1cc(C(C)n2c(CCl)nc3cccnc32)c(C)o1. The van der Waals surface area contributed by atoms with Crippen LogP contribution < -0.4 is 0 Å². The van der Waals surface area contributed by atoms with Gasteiger partial charge in [-0.2, -0.15) is 0 Å². The Morgan fingerprint density at radius 3 is 2.85 bits per heavy atom. The van der Waals surface area contributed by atoms with Crippen LogP contribution >= 0.6 is 11.6 Å². The highest BCUT2D eigenvalue weighted by Gasteiger charge is 2.20. The second-order valence-electron chi connectivity index (χ2n) is 4.92. The molecule has 20 heavy (non-hydrogen) atoms. The lowest BCUT2D eigenvalue weighted by molar-refractivity contribution is 0.494. The van der Waals surface area contributed by atoms with Crippen LogP contribution in [0.15, 0.2) is 28.8 Å². The van der Waals surface area contributed by atoms with Crippen LogP contribution in [0.1, 0.15) is 35.9 Å². The minimum Gasteiger partial charge on any atom is -0.466 e. The summed E-state index contributed by atoms with van der Waals surface area (Å²) in [4.78, 5) is 9.00. The number of alkyl halides is 1. The number of imidazole rings is 1. The third-order valence-electron chi connectivity index (χ3n) is 3.56. The van der Waals surface area contributed by atoms with Gasteiger partial charge in [-0.3, -0.25) is 0 Å². The Kier molecular flexibility index (Phi) is 3.26. The number of hydrogen-bond donors (Lipinski definition) is 0. The summed E-state index contributed by atoms with van der Waals surface area (Å²) in [6.07, 6.45) is 1.78. The molecule has 3 rings (SSSR count). The molecule has 0 amide bonds. The average molecular weight is 290 g/mol. The minimum absolute atomic E-state index is 0.0844. The zero-order valence-corrected chi connectivity index (χ0v) is 12.5. The fourth-order valence-electron chi connectivity index (χ4n) is 2.68. The molecule has 0 aliphatic carbocycles. The number of rotatable bonds is 3. The van der Waals surface area contributed by atoms with Gasteiger partial charge in [-0.05, 0) is 39.0 Å². The van der Waals surface area contributed by atoms with Crippen LogP contribution in [0.3, 0.4) is 0 Å². The van der Waals surface area contributed by atoms with Gasteiger partial charge in [-0.1, -0.05) is 0 Å². The van der Waals surface area contributed by atoms with E-state index in [1.807, 2.05) is 26.0 Å². The van der Waals surface area contributed by atoms with Gasteiger partial charge in [0.05, 0.1) is 11.9 Å². The molecule has 1 unspecified atom stereocenters. The molecule has 0 saturated carbocycles. The van der Waals surface area contributed by atoms with Gasteiger partial charge in [0, 0.05) is 11.8 Å². The topological polar surface area (TPSA) is 43.9 Å². The Labute approximate surface area is 122 Å². The van der Waals surface area contributed by atoms with Crippen molar-refractivity contribution in [3.05, 3.63) is 47.3 Å². The maximum absolute atomic E-state index is 6.05. The number of aromatic nitrogens is 3. The highest BCUT2D eigenvalue weighted by Crippen LogP contribution is 2.29. The van der Waals surface area contributed by atoms with E-state index in [0.29, 0.717) is 5.88 Å². The third kappa shape index (κ3) is 2.00. The molecule has 104 valence electrons. The van der Waals surface area contributed by atoms with E-state index >= 15 is 0 Å². The van der Waals surface area contributed by atoms with Gasteiger partial charge < -0.3 is 8.98 Å². The van der Waals surface area contributed by atoms with Crippen LogP contribution in [0.2, 0.25) is 0 Å². The summed E-state index contributed by atoms with van der Waals surface area (Å²) < 4.78 is 7.72. The molecule has 0 aromatic carbocycles. The monoisotopic (exact) mass is 289 g/mol. The molecule has 0 spiro atoms. The predicted molar refractivity (Wildman–Crippen MR) is 79.1 cm³/mol. The van der Waals surface area contributed by atoms with Gasteiger partial charge in [0.25, 0.3) is 0 Å². The molecule has 3 aromatic heterocycles. The Balaban J connectivity index is 2.20. The molecule has 0 saturated heterocycles. The molecule has 5 heteroatoms. The van der Waals surface area contributed by atoms with Crippen molar-refractivity contribution in [1.29, 1.82) is 0 Å². The van der Waals surface area contributed by atoms with Crippen molar-refractivity contribution in [2.75, 3.05) is 0 Å². The molecular weight excluding hydrogens is 274 g/mol. The second kappa shape index (κ2) is 4.94. The average Bonchev–Trinajstić information content (AvgIpc) is 2.97. The highest BCUT2D eigenvalue weighted by molar-refractivity contribution is 6.16. The van der Waals surface area contributed by atoms with Gasteiger partial charge in [-0.15, -0.1) is 11.6 Å². The van der Waals surface area contributed by atoms with Crippen molar-refractivity contribution in [1.82, 2.24) is 14.5 Å². The van der Waals surface area contributed by atoms with Crippen molar-refractivity contribution in [2.45, 2.75) is 32.7 Å². The normalized spacial score (nSPS) is 13.0. The molecule has 0 aliphatic rings. The van der Waals surface area contributed by atoms with E-state index in [4.69, 9.17) is 16.0 Å². The second-order valence-corrected chi connectivity index (χ2v) is 5.19. The van der Waals surface area contributed by atoms with Crippen molar-refractivity contribution >= 4 is 22.8 Å². The van der Waals surface area contributed by atoms with Gasteiger partial charge in [-0.25, -0.2) is 9.97 Å². The first kappa shape index (κ1) is 13.2. The summed E-state index contributed by atoms with van der Waals surface area (Å²) in [6, 6.07) is 5.98. The maximum Gasteiger partial charge on any atom is 0.160 e. The summed E-state index contributed by atoms with van der Waals surface area (Å²) in [5.41, 5.74) is 2.86. The first-order chi connectivity index (χ1) is 9.61. The molecule has 0 fully saturated rings. The first-order valence-corrected chi connectivity index (χ1v) is 7.10. The predicted octanol–water partition coefficient (Wildman–Crippen LogP) is 3.99. The highest BCUT2D eigenvalue weighted by atomic mass is 35.5. The van der Waals surface area contributed by atoms with Crippen molar-refractivity contribution in [3.63, 3.8) is 0 Å². The van der Waals surface area contributed by atoms with Gasteiger partial charge in [0.1, 0.15) is 22.9 Å². The fourth-order valence-corrected chi connectivity index (χ4v) is 2.87. The zero-order valence-electron chi connectivity index (χ0n) is 11.7. The van der Waals surface area contributed by atoms with Crippen LogP contribution in [0.5, 0.6) is 0 Å². The lowest BCUT2D eigenvalue weighted by Gasteiger charge is -2.15. The Morgan fingerprint density at radius 2 is 2.20 bits per heavy atom. The molecule has 3 aromatic rings. The van der Waals surface area contributed by atoms with E-state index in [1.165, 1.54) is 0 Å². The number of pyridine rings is 1.